The molecule has 3 N–H and O–H groups in total. The Morgan fingerprint density at radius 1 is 1.04 bits per heavy atom. The second kappa shape index (κ2) is 12.7. The first-order valence-corrected chi connectivity index (χ1v) is 8.59. The fraction of sp³-hybridized carbons (Fsp3) is 0.944. The molecule has 0 saturated carbocycles. The van der Waals surface area contributed by atoms with Gasteiger partial charge >= 0.3 is 0 Å². The Balaban J connectivity index is 0. The number of rotatable bonds is 10. The Kier molecular flexibility index (Phi) is 13.6. The van der Waals surface area contributed by atoms with Crippen molar-refractivity contribution in [1.29, 1.82) is 0 Å². The first-order chi connectivity index (χ1) is 10.5. The molecule has 0 radical (unpaired) electrons. The number of hydrogen-bond acceptors (Lipinski definition) is 4. The summed E-state index contributed by atoms with van der Waals surface area (Å²) in [5, 5.41) is 2.68. The van der Waals surface area contributed by atoms with E-state index in [0.717, 1.165) is 13.0 Å². The molecule has 0 aromatic heterocycles. The van der Waals surface area contributed by atoms with Crippen molar-refractivity contribution in [2.75, 3.05) is 26.4 Å². The molecule has 0 bridgehead atoms. The fourth-order valence-corrected chi connectivity index (χ4v) is 1.06. The highest BCUT2D eigenvalue weighted by molar-refractivity contribution is 5.46. The van der Waals surface area contributed by atoms with Gasteiger partial charge < -0.3 is 20.5 Å². The number of carbonyl (C=O) groups is 1. The van der Waals surface area contributed by atoms with Crippen molar-refractivity contribution in [2.24, 2.45) is 17.1 Å². The van der Waals surface area contributed by atoms with Crippen LogP contribution >= 0.6 is 0 Å². The maximum atomic E-state index is 10.3. The van der Waals surface area contributed by atoms with Crippen molar-refractivity contribution in [3.05, 3.63) is 0 Å². The van der Waals surface area contributed by atoms with Crippen LogP contribution in [0.15, 0.2) is 0 Å². The van der Waals surface area contributed by atoms with Crippen molar-refractivity contribution < 1.29 is 14.3 Å². The standard InChI is InChI=1S/C11H23NO3.C7H17N/c1-4-5-14-7-11(12-9-13)8-15-6-10(2)3;1-6(2,3)7(4,5)8/h9-11H,4-8H2,1-3H3,(H,12,13);8H2,1-5H3. The van der Waals surface area contributed by atoms with Gasteiger partial charge in [0.15, 0.2) is 0 Å². The van der Waals surface area contributed by atoms with Gasteiger partial charge in [-0.25, -0.2) is 0 Å². The van der Waals surface area contributed by atoms with Gasteiger partial charge in [0.05, 0.1) is 19.3 Å². The molecule has 0 spiro atoms. The monoisotopic (exact) mass is 332 g/mol. The van der Waals surface area contributed by atoms with E-state index in [2.05, 4.69) is 46.9 Å². The Morgan fingerprint density at radius 2 is 1.52 bits per heavy atom. The summed E-state index contributed by atoms with van der Waals surface area (Å²) in [4.78, 5) is 10.3. The number of amides is 1. The van der Waals surface area contributed by atoms with Gasteiger partial charge in [-0.1, -0.05) is 41.5 Å². The van der Waals surface area contributed by atoms with E-state index in [0.29, 0.717) is 32.1 Å². The Bertz CT molecular complexity index is 269. The molecule has 0 aliphatic carbocycles. The van der Waals surface area contributed by atoms with E-state index >= 15 is 0 Å². The molecule has 1 amide bonds. The van der Waals surface area contributed by atoms with E-state index in [-0.39, 0.29) is 17.0 Å². The third-order valence-electron chi connectivity index (χ3n) is 3.67. The zero-order valence-corrected chi connectivity index (χ0v) is 16.6. The highest BCUT2D eigenvalue weighted by Crippen LogP contribution is 2.26. The van der Waals surface area contributed by atoms with Gasteiger partial charge in [-0.05, 0) is 31.6 Å². The molecular weight excluding hydrogens is 292 g/mol. The van der Waals surface area contributed by atoms with Gasteiger partial charge in [0.25, 0.3) is 0 Å². The fourth-order valence-electron chi connectivity index (χ4n) is 1.06. The Labute approximate surface area is 143 Å². The van der Waals surface area contributed by atoms with E-state index in [4.69, 9.17) is 15.2 Å². The molecule has 0 aliphatic rings. The molecule has 140 valence electrons. The topological polar surface area (TPSA) is 73.6 Å². The first-order valence-electron chi connectivity index (χ1n) is 8.59. The zero-order chi connectivity index (χ0) is 18.5. The van der Waals surface area contributed by atoms with Gasteiger partial charge in [-0.3, -0.25) is 4.79 Å². The Hall–Kier alpha value is -0.650. The molecule has 0 saturated heterocycles. The highest BCUT2D eigenvalue weighted by atomic mass is 16.5. The first kappa shape index (κ1) is 24.6. The minimum Gasteiger partial charge on any atom is -0.379 e. The van der Waals surface area contributed by atoms with E-state index in [1.807, 2.05) is 13.8 Å². The van der Waals surface area contributed by atoms with Crippen LogP contribution in [0.5, 0.6) is 0 Å². The van der Waals surface area contributed by atoms with Crippen LogP contribution in [0.2, 0.25) is 0 Å². The average Bonchev–Trinajstić information content (AvgIpc) is 2.37. The molecule has 1 unspecified atom stereocenters. The van der Waals surface area contributed by atoms with Crippen LogP contribution in [0.25, 0.3) is 0 Å². The largest absolute Gasteiger partial charge is 0.379 e. The second-order valence-electron chi connectivity index (χ2n) is 7.96. The molecule has 1 atom stereocenters. The molecule has 0 aromatic carbocycles. The second-order valence-corrected chi connectivity index (χ2v) is 7.96. The minimum atomic E-state index is -0.0625. The van der Waals surface area contributed by atoms with Crippen LogP contribution in [-0.2, 0) is 14.3 Å². The quantitative estimate of drug-likeness (QED) is 0.476. The Morgan fingerprint density at radius 3 is 1.87 bits per heavy atom. The van der Waals surface area contributed by atoms with Gasteiger partial charge in [-0.15, -0.1) is 0 Å². The molecule has 0 fully saturated rings. The van der Waals surface area contributed by atoms with Crippen LogP contribution in [0.1, 0.15) is 61.8 Å². The van der Waals surface area contributed by atoms with E-state index in [1.165, 1.54) is 0 Å². The maximum absolute atomic E-state index is 10.3. The minimum absolute atomic E-state index is 0.0344. The predicted octanol–water partition coefficient (Wildman–Crippen LogP) is 2.97. The third kappa shape index (κ3) is 16.0. The van der Waals surface area contributed by atoms with Crippen LogP contribution in [0.3, 0.4) is 0 Å². The molecule has 0 aromatic rings. The van der Waals surface area contributed by atoms with E-state index < -0.39 is 0 Å². The molecule has 5 nitrogen and oxygen atoms in total. The molecule has 23 heavy (non-hydrogen) atoms. The van der Waals surface area contributed by atoms with E-state index in [9.17, 15) is 4.79 Å². The smallest absolute Gasteiger partial charge is 0.207 e. The van der Waals surface area contributed by atoms with Crippen molar-refractivity contribution in [2.45, 2.75) is 73.4 Å². The summed E-state index contributed by atoms with van der Waals surface area (Å²) in [6, 6.07) is -0.0344. The summed E-state index contributed by atoms with van der Waals surface area (Å²) in [6.07, 6.45) is 1.68. The number of carbonyl (C=O) groups excluding carboxylic acids is 1. The summed E-state index contributed by atoms with van der Waals surface area (Å²) in [5.74, 6) is 0.512. The maximum Gasteiger partial charge on any atom is 0.207 e. The lowest BCUT2D eigenvalue weighted by Gasteiger charge is -2.34. The molecular formula is C18H40N2O3. The van der Waals surface area contributed by atoms with Crippen molar-refractivity contribution in [1.82, 2.24) is 5.32 Å². The van der Waals surface area contributed by atoms with Gasteiger partial charge in [0, 0.05) is 18.8 Å². The molecule has 0 aliphatic heterocycles. The summed E-state index contributed by atoms with van der Waals surface area (Å²) in [7, 11) is 0. The summed E-state index contributed by atoms with van der Waals surface area (Å²) in [5.41, 5.74) is 5.97. The lowest BCUT2D eigenvalue weighted by Crippen LogP contribution is -2.45. The molecule has 0 rings (SSSR count). The summed E-state index contributed by atoms with van der Waals surface area (Å²) < 4.78 is 10.8. The SMILES string of the molecule is CC(C)(C)C(C)(C)N.CCCOCC(COCC(C)C)NC=O. The molecule has 5 heteroatoms. The summed E-state index contributed by atoms with van der Waals surface area (Å²) >= 11 is 0. The highest BCUT2D eigenvalue weighted by Gasteiger charge is 2.27. The number of nitrogens with one attached hydrogen (secondary N) is 1. The van der Waals surface area contributed by atoms with Crippen LogP contribution in [0, 0.1) is 11.3 Å². The lowest BCUT2D eigenvalue weighted by atomic mass is 9.77. The zero-order valence-electron chi connectivity index (χ0n) is 16.6. The number of nitrogens with two attached hydrogens (primary N) is 1. The average molecular weight is 333 g/mol. The van der Waals surface area contributed by atoms with E-state index in [1.54, 1.807) is 0 Å². The summed E-state index contributed by atoms with van der Waals surface area (Å²) in [6.45, 7) is 19.2. The van der Waals surface area contributed by atoms with Crippen molar-refractivity contribution in [3.63, 3.8) is 0 Å². The van der Waals surface area contributed by atoms with Crippen molar-refractivity contribution >= 4 is 6.41 Å². The predicted molar refractivity (Wildman–Crippen MR) is 97.5 cm³/mol. The third-order valence-corrected chi connectivity index (χ3v) is 3.67. The molecule has 0 heterocycles. The number of ether oxygens (including phenoxy) is 2. The van der Waals surface area contributed by atoms with Gasteiger partial charge in [-0.2, -0.15) is 0 Å². The lowest BCUT2D eigenvalue weighted by molar-refractivity contribution is -0.111. The number of hydrogen-bond donors (Lipinski definition) is 2. The van der Waals surface area contributed by atoms with Gasteiger partial charge in [0.2, 0.25) is 6.41 Å². The van der Waals surface area contributed by atoms with Gasteiger partial charge in [0.1, 0.15) is 0 Å². The van der Waals surface area contributed by atoms with Crippen LogP contribution in [0.4, 0.5) is 0 Å². The van der Waals surface area contributed by atoms with Crippen LogP contribution < -0.4 is 11.1 Å². The van der Waals surface area contributed by atoms with Crippen molar-refractivity contribution in [3.8, 4) is 0 Å². The van der Waals surface area contributed by atoms with Crippen LogP contribution in [-0.4, -0.2) is 44.4 Å². The normalized spacial score (nSPS) is 13.3.